The van der Waals surface area contributed by atoms with E-state index in [9.17, 15) is 13.2 Å². The summed E-state index contributed by atoms with van der Waals surface area (Å²) in [6, 6.07) is 6.16. The van der Waals surface area contributed by atoms with Gasteiger partial charge in [0.25, 0.3) is 0 Å². The van der Waals surface area contributed by atoms with Crippen LogP contribution in [0.3, 0.4) is 0 Å². The number of benzene rings is 1. The number of piperazine rings is 1. The highest BCUT2D eigenvalue weighted by Crippen LogP contribution is 2.20. The molecular weight excluding hydrogens is 336 g/mol. The van der Waals surface area contributed by atoms with E-state index in [0.29, 0.717) is 31.2 Å². The molecule has 0 radical (unpaired) electrons. The summed E-state index contributed by atoms with van der Waals surface area (Å²) in [5, 5.41) is 0.504. The van der Waals surface area contributed by atoms with Crippen LogP contribution in [0.4, 0.5) is 0 Å². The number of carbonyl (C=O) groups is 1. The Labute approximate surface area is 143 Å². The van der Waals surface area contributed by atoms with Gasteiger partial charge in [0.05, 0.1) is 4.90 Å². The Morgan fingerprint density at radius 3 is 2.26 bits per heavy atom. The highest BCUT2D eigenvalue weighted by atomic mass is 35.5. The Morgan fingerprint density at radius 1 is 1.17 bits per heavy atom. The second kappa shape index (κ2) is 7.64. The van der Waals surface area contributed by atoms with Crippen molar-refractivity contribution in [1.82, 2.24) is 9.21 Å². The van der Waals surface area contributed by atoms with Crippen LogP contribution in [-0.4, -0.2) is 49.7 Å². The Bertz CT molecular complexity index is 638. The van der Waals surface area contributed by atoms with Gasteiger partial charge >= 0.3 is 0 Å². The SMILES string of the molecule is CCCC(C)C(=O)N1CCN(S(=O)(=O)c2ccc(Cl)cc2)CC1. The summed E-state index contributed by atoms with van der Waals surface area (Å²) in [7, 11) is -3.52. The van der Waals surface area contributed by atoms with Crippen LogP contribution in [0.1, 0.15) is 26.7 Å². The topological polar surface area (TPSA) is 57.7 Å². The molecule has 0 bridgehead atoms. The van der Waals surface area contributed by atoms with E-state index in [4.69, 9.17) is 11.6 Å². The molecule has 1 aliphatic heterocycles. The molecule has 1 aromatic carbocycles. The monoisotopic (exact) mass is 358 g/mol. The first-order chi connectivity index (χ1) is 10.9. The summed E-state index contributed by atoms with van der Waals surface area (Å²) >= 11 is 5.80. The fraction of sp³-hybridized carbons (Fsp3) is 0.562. The Balaban J connectivity index is 2.01. The third-order valence-corrected chi connectivity index (χ3v) is 6.31. The molecule has 1 saturated heterocycles. The number of nitrogens with zero attached hydrogens (tertiary/aromatic N) is 2. The number of carbonyl (C=O) groups excluding carboxylic acids is 1. The van der Waals surface area contributed by atoms with Crippen LogP contribution in [0.2, 0.25) is 5.02 Å². The van der Waals surface area contributed by atoms with Crippen LogP contribution in [0.15, 0.2) is 29.2 Å². The van der Waals surface area contributed by atoms with Gasteiger partial charge in [0.15, 0.2) is 0 Å². The molecule has 7 heteroatoms. The van der Waals surface area contributed by atoms with E-state index in [1.54, 1.807) is 17.0 Å². The van der Waals surface area contributed by atoms with Crippen molar-refractivity contribution >= 4 is 27.5 Å². The lowest BCUT2D eigenvalue weighted by atomic mass is 10.0. The molecule has 0 aliphatic carbocycles. The Kier molecular flexibility index (Phi) is 6.06. The van der Waals surface area contributed by atoms with Gasteiger partial charge in [-0.15, -0.1) is 0 Å². The standard InChI is InChI=1S/C16H23ClN2O3S/c1-3-4-13(2)16(20)18-9-11-19(12-10-18)23(21,22)15-7-5-14(17)6-8-15/h5-8,13H,3-4,9-12H2,1-2H3. The van der Waals surface area contributed by atoms with Gasteiger partial charge in [-0.3, -0.25) is 4.79 Å². The van der Waals surface area contributed by atoms with Crippen LogP contribution >= 0.6 is 11.6 Å². The van der Waals surface area contributed by atoms with E-state index in [2.05, 4.69) is 6.92 Å². The molecular formula is C16H23ClN2O3S. The van der Waals surface area contributed by atoms with Crippen molar-refractivity contribution < 1.29 is 13.2 Å². The summed E-state index contributed by atoms with van der Waals surface area (Å²) in [5.74, 6) is 0.120. The normalized spacial score (nSPS) is 18.0. The van der Waals surface area contributed by atoms with Crippen LogP contribution in [0.25, 0.3) is 0 Å². The maximum atomic E-state index is 12.6. The van der Waals surface area contributed by atoms with E-state index >= 15 is 0 Å². The Morgan fingerprint density at radius 2 is 1.74 bits per heavy atom. The van der Waals surface area contributed by atoms with E-state index in [1.165, 1.54) is 16.4 Å². The van der Waals surface area contributed by atoms with Gasteiger partial charge in [-0.25, -0.2) is 8.42 Å². The maximum absolute atomic E-state index is 12.6. The van der Waals surface area contributed by atoms with E-state index < -0.39 is 10.0 Å². The highest BCUT2D eigenvalue weighted by molar-refractivity contribution is 7.89. The predicted octanol–water partition coefficient (Wildman–Crippen LogP) is 2.61. The maximum Gasteiger partial charge on any atom is 0.243 e. The van der Waals surface area contributed by atoms with Crippen molar-refractivity contribution in [1.29, 1.82) is 0 Å². The first-order valence-electron chi connectivity index (χ1n) is 7.90. The second-order valence-electron chi connectivity index (χ2n) is 5.87. The molecule has 128 valence electrons. The van der Waals surface area contributed by atoms with Crippen molar-refractivity contribution in [3.8, 4) is 0 Å². The molecule has 0 spiro atoms. The fourth-order valence-electron chi connectivity index (χ4n) is 2.77. The first-order valence-corrected chi connectivity index (χ1v) is 9.72. The van der Waals surface area contributed by atoms with Crippen LogP contribution in [0, 0.1) is 5.92 Å². The second-order valence-corrected chi connectivity index (χ2v) is 8.25. The fourth-order valence-corrected chi connectivity index (χ4v) is 4.32. The minimum Gasteiger partial charge on any atom is -0.340 e. The first kappa shape index (κ1) is 18.2. The lowest BCUT2D eigenvalue weighted by molar-refractivity contribution is -0.136. The van der Waals surface area contributed by atoms with E-state index in [1.807, 2.05) is 6.92 Å². The zero-order valence-electron chi connectivity index (χ0n) is 13.5. The van der Waals surface area contributed by atoms with Gasteiger partial charge in [-0.05, 0) is 30.7 Å². The molecule has 0 N–H and O–H groups in total. The molecule has 0 aromatic heterocycles. The van der Waals surface area contributed by atoms with Gasteiger partial charge in [0.2, 0.25) is 15.9 Å². The molecule has 1 atom stereocenters. The van der Waals surface area contributed by atoms with E-state index in [-0.39, 0.29) is 16.7 Å². The minimum absolute atomic E-state index is 0.000535. The molecule has 1 aromatic rings. The minimum atomic E-state index is -3.52. The number of sulfonamides is 1. The number of halogens is 1. The zero-order valence-corrected chi connectivity index (χ0v) is 15.1. The highest BCUT2D eigenvalue weighted by Gasteiger charge is 2.31. The van der Waals surface area contributed by atoms with Gasteiger partial charge < -0.3 is 4.90 Å². The van der Waals surface area contributed by atoms with Crippen molar-refractivity contribution in [2.45, 2.75) is 31.6 Å². The molecule has 1 fully saturated rings. The zero-order chi connectivity index (χ0) is 17.0. The lowest BCUT2D eigenvalue weighted by Crippen LogP contribution is -2.51. The molecule has 1 amide bonds. The number of rotatable bonds is 5. The average molecular weight is 359 g/mol. The largest absolute Gasteiger partial charge is 0.340 e. The molecule has 2 rings (SSSR count). The van der Waals surface area contributed by atoms with Crippen LogP contribution in [0.5, 0.6) is 0 Å². The van der Waals surface area contributed by atoms with Crippen molar-refractivity contribution in [2.75, 3.05) is 26.2 Å². The quantitative estimate of drug-likeness (QED) is 0.813. The van der Waals surface area contributed by atoms with E-state index in [0.717, 1.165) is 12.8 Å². The summed E-state index contributed by atoms with van der Waals surface area (Å²) in [6.07, 6.45) is 1.83. The van der Waals surface area contributed by atoms with Gasteiger partial charge in [-0.2, -0.15) is 4.31 Å². The van der Waals surface area contributed by atoms with Crippen molar-refractivity contribution in [3.05, 3.63) is 29.3 Å². The third kappa shape index (κ3) is 4.25. The molecule has 5 nitrogen and oxygen atoms in total. The van der Waals surface area contributed by atoms with Crippen LogP contribution in [-0.2, 0) is 14.8 Å². The van der Waals surface area contributed by atoms with Gasteiger partial charge in [0, 0.05) is 37.1 Å². The number of hydrogen-bond acceptors (Lipinski definition) is 3. The van der Waals surface area contributed by atoms with Gasteiger partial charge in [0.1, 0.15) is 0 Å². The molecule has 1 heterocycles. The van der Waals surface area contributed by atoms with Crippen LogP contribution < -0.4 is 0 Å². The van der Waals surface area contributed by atoms with Gasteiger partial charge in [-0.1, -0.05) is 31.9 Å². The summed E-state index contributed by atoms with van der Waals surface area (Å²) < 4.78 is 26.6. The molecule has 23 heavy (non-hydrogen) atoms. The number of amides is 1. The molecule has 0 saturated carbocycles. The average Bonchev–Trinajstić information content (AvgIpc) is 2.55. The lowest BCUT2D eigenvalue weighted by Gasteiger charge is -2.35. The third-order valence-electron chi connectivity index (χ3n) is 4.14. The molecule has 1 aliphatic rings. The van der Waals surface area contributed by atoms with Crippen molar-refractivity contribution in [3.63, 3.8) is 0 Å². The summed E-state index contributed by atoms with van der Waals surface area (Å²) in [6.45, 7) is 5.54. The Hall–Kier alpha value is -1.11. The predicted molar refractivity (Wildman–Crippen MR) is 90.9 cm³/mol. The molecule has 1 unspecified atom stereocenters. The summed E-state index contributed by atoms with van der Waals surface area (Å²) in [4.78, 5) is 14.3. The van der Waals surface area contributed by atoms with Crippen molar-refractivity contribution in [2.24, 2.45) is 5.92 Å². The number of hydrogen-bond donors (Lipinski definition) is 0. The summed E-state index contributed by atoms with van der Waals surface area (Å²) in [5.41, 5.74) is 0. The smallest absolute Gasteiger partial charge is 0.243 e.